The quantitative estimate of drug-likeness (QED) is 0.835. The molecule has 0 aliphatic carbocycles. The van der Waals surface area contributed by atoms with Crippen molar-refractivity contribution in [1.29, 1.82) is 0 Å². The van der Waals surface area contributed by atoms with E-state index in [0.29, 0.717) is 19.4 Å². The Labute approximate surface area is 121 Å². The third-order valence-corrected chi connectivity index (χ3v) is 3.56. The Morgan fingerprint density at radius 1 is 1.29 bits per heavy atom. The van der Waals surface area contributed by atoms with Gasteiger partial charge in [-0.3, -0.25) is 9.59 Å². The molecule has 1 atom stereocenters. The Kier molecular flexibility index (Phi) is 4.11. The average molecular weight is 297 g/mol. The van der Waals surface area contributed by atoms with Gasteiger partial charge in [-0.25, -0.2) is 8.78 Å². The molecular weight excluding hydrogens is 280 g/mol. The second kappa shape index (κ2) is 5.67. The summed E-state index contributed by atoms with van der Waals surface area (Å²) >= 11 is 0. The first kappa shape index (κ1) is 15.2. The number of likely N-dealkylation sites (N-methyl/N-ethyl adjacent to an activating group) is 1. The number of amides is 2. The fourth-order valence-electron chi connectivity index (χ4n) is 2.47. The summed E-state index contributed by atoms with van der Waals surface area (Å²) in [4.78, 5) is 27.3. The van der Waals surface area contributed by atoms with Crippen molar-refractivity contribution >= 4 is 17.5 Å². The topological polar surface area (TPSA) is 66.6 Å². The maximum absolute atomic E-state index is 13.3. The zero-order valence-corrected chi connectivity index (χ0v) is 11.9. The van der Waals surface area contributed by atoms with E-state index in [4.69, 9.17) is 5.73 Å². The van der Waals surface area contributed by atoms with Gasteiger partial charge in [-0.15, -0.1) is 0 Å². The number of nitrogen functional groups attached to an aromatic ring is 1. The van der Waals surface area contributed by atoms with Gasteiger partial charge in [0, 0.05) is 32.4 Å². The van der Waals surface area contributed by atoms with Crippen molar-refractivity contribution in [3.63, 3.8) is 0 Å². The van der Waals surface area contributed by atoms with Gasteiger partial charge in [0.1, 0.15) is 6.04 Å². The van der Waals surface area contributed by atoms with Crippen LogP contribution < -0.4 is 5.73 Å². The van der Waals surface area contributed by atoms with Gasteiger partial charge in [0.05, 0.1) is 5.56 Å². The molecule has 0 radical (unpaired) electrons. The van der Waals surface area contributed by atoms with E-state index < -0.39 is 23.6 Å². The van der Waals surface area contributed by atoms with Crippen molar-refractivity contribution in [2.24, 2.45) is 0 Å². The summed E-state index contributed by atoms with van der Waals surface area (Å²) in [5, 5.41) is 0. The fourth-order valence-corrected chi connectivity index (χ4v) is 2.47. The number of rotatable bonds is 2. The molecule has 1 aliphatic heterocycles. The van der Waals surface area contributed by atoms with Gasteiger partial charge in [-0.2, -0.15) is 0 Å². The highest BCUT2D eigenvalue weighted by Crippen LogP contribution is 2.25. The highest BCUT2D eigenvalue weighted by molar-refractivity contribution is 6.01. The predicted octanol–water partition coefficient (Wildman–Crippen LogP) is 1.24. The minimum Gasteiger partial charge on any atom is -0.398 e. The van der Waals surface area contributed by atoms with Crippen molar-refractivity contribution in [2.75, 3.05) is 26.4 Å². The van der Waals surface area contributed by atoms with Gasteiger partial charge in [-0.1, -0.05) is 0 Å². The smallest absolute Gasteiger partial charge is 0.256 e. The Morgan fingerprint density at radius 3 is 2.52 bits per heavy atom. The third-order valence-electron chi connectivity index (χ3n) is 3.56. The van der Waals surface area contributed by atoms with Crippen LogP contribution in [0, 0.1) is 11.6 Å². The normalized spacial score (nSPS) is 17.9. The maximum Gasteiger partial charge on any atom is 0.256 e. The average Bonchev–Trinajstić information content (AvgIpc) is 2.90. The van der Waals surface area contributed by atoms with Crippen molar-refractivity contribution in [3.05, 3.63) is 29.3 Å². The standard InChI is InChI=1S/C14H17F2N3O2/c1-18(2)14(21)12-4-3-5-19(12)13(20)8-6-9(15)10(16)7-11(8)17/h6-7,12H,3-5,17H2,1-2H3. The molecule has 7 heteroatoms. The van der Waals surface area contributed by atoms with Crippen LogP contribution in [0.2, 0.25) is 0 Å². The fraction of sp³-hybridized carbons (Fsp3) is 0.429. The summed E-state index contributed by atoms with van der Waals surface area (Å²) in [6.45, 7) is 0.390. The van der Waals surface area contributed by atoms with E-state index in [1.807, 2.05) is 0 Å². The molecule has 0 spiro atoms. The molecule has 1 aromatic carbocycles. The zero-order chi connectivity index (χ0) is 15.7. The van der Waals surface area contributed by atoms with Crippen LogP contribution in [0.25, 0.3) is 0 Å². The molecule has 0 bridgehead atoms. The number of halogens is 2. The zero-order valence-electron chi connectivity index (χ0n) is 11.9. The van der Waals surface area contributed by atoms with Crippen molar-refractivity contribution in [1.82, 2.24) is 9.80 Å². The number of nitrogens with zero attached hydrogens (tertiary/aromatic N) is 2. The molecule has 2 N–H and O–H groups in total. The van der Waals surface area contributed by atoms with E-state index in [0.717, 1.165) is 12.1 Å². The number of benzene rings is 1. The molecule has 0 aromatic heterocycles. The second-order valence-corrected chi connectivity index (χ2v) is 5.24. The van der Waals surface area contributed by atoms with Crippen LogP contribution in [0.5, 0.6) is 0 Å². The monoisotopic (exact) mass is 297 g/mol. The van der Waals surface area contributed by atoms with E-state index in [1.165, 1.54) is 9.80 Å². The molecule has 21 heavy (non-hydrogen) atoms. The minimum atomic E-state index is -1.14. The van der Waals surface area contributed by atoms with Crippen LogP contribution in [0.15, 0.2) is 12.1 Å². The lowest BCUT2D eigenvalue weighted by atomic mass is 10.1. The molecule has 0 saturated carbocycles. The summed E-state index contributed by atoms with van der Waals surface area (Å²) in [5.41, 5.74) is 5.34. The number of carbonyl (C=O) groups excluding carboxylic acids is 2. The Morgan fingerprint density at radius 2 is 1.90 bits per heavy atom. The highest BCUT2D eigenvalue weighted by atomic mass is 19.2. The lowest BCUT2D eigenvalue weighted by Gasteiger charge is -2.26. The largest absolute Gasteiger partial charge is 0.398 e. The lowest BCUT2D eigenvalue weighted by molar-refractivity contribution is -0.132. The second-order valence-electron chi connectivity index (χ2n) is 5.24. The van der Waals surface area contributed by atoms with Crippen molar-refractivity contribution in [3.8, 4) is 0 Å². The molecular formula is C14H17F2N3O2. The van der Waals surface area contributed by atoms with E-state index in [-0.39, 0.29) is 17.2 Å². The number of nitrogens with two attached hydrogens (primary N) is 1. The molecule has 1 fully saturated rings. The first-order valence-corrected chi connectivity index (χ1v) is 6.59. The van der Waals surface area contributed by atoms with Crippen LogP contribution in [0.1, 0.15) is 23.2 Å². The molecule has 1 unspecified atom stereocenters. The lowest BCUT2D eigenvalue weighted by Crippen LogP contribution is -2.45. The summed E-state index contributed by atoms with van der Waals surface area (Å²) in [7, 11) is 3.21. The first-order valence-electron chi connectivity index (χ1n) is 6.59. The molecule has 1 heterocycles. The maximum atomic E-state index is 13.3. The molecule has 2 rings (SSSR count). The molecule has 1 saturated heterocycles. The van der Waals surface area contributed by atoms with Gasteiger partial charge in [0.2, 0.25) is 5.91 Å². The summed E-state index contributed by atoms with van der Waals surface area (Å²) < 4.78 is 26.4. The van der Waals surface area contributed by atoms with E-state index in [9.17, 15) is 18.4 Å². The van der Waals surface area contributed by atoms with Gasteiger partial charge >= 0.3 is 0 Å². The Hall–Kier alpha value is -2.18. The first-order chi connectivity index (χ1) is 9.82. The minimum absolute atomic E-state index is 0.118. The van der Waals surface area contributed by atoms with E-state index in [1.54, 1.807) is 14.1 Å². The van der Waals surface area contributed by atoms with Gasteiger partial charge in [0.15, 0.2) is 11.6 Å². The summed E-state index contributed by atoms with van der Waals surface area (Å²) in [6.07, 6.45) is 1.23. The number of carbonyl (C=O) groups is 2. The van der Waals surface area contributed by atoms with Crippen molar-refractivity contribution in [2.45, 2.75) is 18.9 Å². The number of anilines is 1. The van der Waals surface area contributed by atoms with Gasteiger partial charge < -0.3 is 15.5 Å². The van der Waals surface area contributed by atoms with Crippen LogP contribution in [0.4, 0.5) is 14.5 Å². The van der Waals surface area contributed by atoms with Crippen LogP contribution in [0.3, 0.4) is 0 Å². The molecule has 1 aromatic rings. The summed E-state index contributed by atoms with van der Waals surface area (Å²) in [5.74, 6) is -2.99. The van der Waals surface area contributed by atoms with Crippen LogP contribution in [-0.4, -0.2) is 48.3 Å². The molecule has 2 amide bonds. The van der Waals surface area contributed by atoms with Gasteiger partial charge in [-0.05, 0) is 18.9 Å². The van der Waals surface area contributed by atoms with E-state index >= 15 is 0 Å². The summed E-state index contributed by atoms with van der Waals surface area (Å²) in [6, 6.07) is 0.976. The molecule has 5 nitrogen and oxygen atoms in total. The Balaban J connectivity index is 2.31. The van der Waals surface area contributed by atoms with Crippen LogP contribution >= 0.6 is 0 Å². The molecule has 114 valence electrons. The number of hydrogen-bond acceptors (Lipinski definition) is 3. The highest BCUT2D eigenvalue weighted by Gasteiger charge is 2.36. The Bertz CT molecular complexity index is 590. The molecule has 1 aliphatic rings. The predicted molar refractivity (Wildman–Crippen MR) is 73.5 cm³/mol. The number of hydrogen-bond donors (Lipinski definition) is 1. The van der Waals surface area contributed by atoms with E-state index in [2.05, 4.69) is 0 Å². The third kappa shape index (κ3) is 2.81. The number of likely N-dealkylation sites (tertiary alicyclic amines) is 1. The SMILES string of the molecule is CN(C)C(=O)C1CCCN1C(=O)c1cc(F)c(F)cc1N. The van der Waals surface area contributed by atoms with Crippen LogP contribution in [-0.2, 0) is 4.79 Å². The van der Waals surface area contributed by atoms with Gasteiger partial charge in [0.25, 0.3) is 5.91 Å². The van der Waals surface area contributed by atoms with Crippen molar-refractivity contribution < 1.29 is 18.4 Å².